The predicted octanol–water partition coefficient (Wildman–Crippen LogP) is 2.42. The number of nitrogens with zero attached hydrogens (tertiary/aromatic N) is 1. The summed E-state index contributed by atoms with van der Waals surface area (Å²) in [7, 11) is 2.42. The fourth-order valence-corrected chi connectivity index (χ4v) is 1.67. The minimum absolute atomic E-state index is 0.0490. The summed E-state index contributed by atoms with van der Waals surface area (Å²) >= 11 is 1.80. The van der Waals surface area contributed by atoms with E-state index in [1.807, 2.05) is 0 Å². The molecule has 0 N–H and O–H groups in total. The van der Waals surface area contributed by atoms with Crippen LogP contribution in [0.15, 0.2) is 6.07 Å². The van der Waals surface area contributed by atoms with Crippen LogP contribution in [-0.2, 0) is 4.74 Å². The molecule has 1 aromatic heterocycles. The van der Waals surface area contributed by atoms with Crippen molar-refractivity contribution in [3.8, 4) is 5.75 Å². The monoisotopic (exact) mass is 343 g/mol. The molecule has 0 bridgehead atoms. The van der Waals surface area contributed by atoms with Crippen LogP contribution in [-0.4, -0.2) is 25.2 Å². The molecule has 4 nitrogen and oxygen atoms in total. The Balaban J connectivity index is 3.33. The van der Waals surface area contributed by atoms with E-state index in [1.54, 1.807) is 22.6 Å². The maximum atomic E-state index is 12.6. The van der Waals surface area contributed by atoms with E-state index in [9.17, 15) is 13.6 Å². The molecule has 0 aliphatic carbocycles. The average molecular weight is 343 g/mol. The number of carbonyl (C=O) groups excluding carboxylic acids is 1. The summed E-state index contributed by atoms with van der Waals surface area (Å²) < 4.78 is 34.8. The molecule has 0 aliphatic heterocycles. The fourth-order valence-electron chi connectivity index (χ4n) is 1.05. The highest BCUT2D eigenvalue weighted by Crippen LogP contribution is 2.29. The number of methoxy groups -OCH3 is 2. The lowest BCUT2D eigenvalue weighted by atomic mass is 10.3. The zero-order valence-electron chi connectivity index (χ0n) is 8.46. The summed E-state index contributed by atoms with van der Waals surface area (Å²) in [5.74, 6) is -0.805. The molecule has 88 valence electrons. The van der Waals surface area contributed by atoms with Crippen LogP contribution in [0.2, 0.25) is 0 Å². The zero-order chi connectivity index (χ0) is 12.3. The molecule has 0 spiro atoms. The molecule has 0 atom stereocenters. The molecule has 1 aromatic rings. The largest absolute Gasteiger partial charge is 0.495 e. The van der Waals surface area contributed by atoms with Gasteiger partial charge >= 0.3 is 5.97 Å². The quantitative estimate of drug-likeness (QED) is 0.625. The molecule has 0 unspecified atom stereocenters. The van der Waals surface area contributed by atoms with Crippen LogP contribution >= 0.6 is 22.6 Å². The number of hydrogen-bond donors (Lipinski definition) is 0. The lowest BCUT2D eigenvalue weighted by Gasteiger charge is -2.09. The lowest BCUT2D eigenvalue weighted by Crippen LogP contribution is -2.10. The maximum Gasteiger partial charge on any atom is 0.357 e. The number of aromatic nitrogens is 1. The van der Waals surface area contributed by atoms with E-state index in [1.165, 1.54) is 13.2 Å². The Kier molecular flexibility index (Phi) is 4.39. The van der Waals surface area contributed by atoms with Gasteiger partial charge in [-0.2, -0.15) is 0 Å². The number of esters is 1. The van der Waals surface area contributed by atoms with Gasteiger partial charge in [0.2, 0.25) is 0 Å². The van der Waals surface area contributed by atoms with Gasteiger partial charge in [-0.1, -0.05) is 0 Å². The van der Waals surface area contributed by atoms with E-state index in [-0.39, 0.29) is 11.4 Å². The Hall–Kier alpha value is -0.990. The number of rotatable bonds is 3. The Morgan fingerprint density at radius 1 is 1.50 bits per heavy atom. The topological polar surface area (TPSA) is 48.4 Å². The van der Waals surface area contributed by atoms with Gasteiger partial charge in [0, 0.05) is 3.57 Å². The van der Waals surface area contributed by atoms with Crippen molar-refractivity contribution in [2.24, 2.45) is 0 Å². The van der Waals surface area contributed by atoms with Crippen LogP contribution in [0.5, 0.6) is 5.75 Å². The van der Waals surface area contributed by atoms with Crippen molar-refractivity contribution in [1.29, 1.82) is 0 Å². The lowest BCUT2D eigenvalue weighted by molar-refractivity contribution is 0.0590. The first-order chi connectivity index (χ1) is 7.51. The second kappa shape index (κ2) is 5.37. The van der Waals surface area contributed by atoms with Crippen molar-refractivity contribution in [3.63, 3.8) is 0 Å². The minimum atomic E-state index is -2.81. The van der Waals surface area contributed by atoms with Gasteiger partial charge in [0.15, 0.2) is 5.69 Å². The van der Waals surface area contributed by atoms with Crippen molar-refractivity contribution >= 4 is 28.6 Å². The minimum Gasteiger partial charge on any atom is -0.495 e. The first-order valence-corrected chi connectivity index (χ1v) is 5.20. The van der Waals surface area contributed by atoms with Gasteiger partial charge in [0.05, 0.1) is 14.2 Å². The first kappa shape index (κ1) is 13.1. The van der Waals surface area contributed by atoms with Crippen LogP contribution < -0.4 is 4.74 Å². The predicted molar refractivity (Wildman–Crippen MR) is 59.8 cm³/mol. The van der Waals surface area contributed by atoms with Crippen LogP contribution in [0.4, 0.5) is 8.78 Å². The van der Waals surface area contributed by atoms with Gasteiger partial charge < -0.3 is 9.47 Å². The number of halogens is 3. The normalized spacial score (nSPS) is 10.4. The van der Waals surface area contributed by atoms with Crippen LogP contribution in [0.1, 0.15) is 22.6 Å². The molecule has 0 radical (unpaired) electrons. The molecule has 0 aromatic carbocycles. The second-order valence-electron chi connectivity index (χ2n) is 2.70. The Bertz CT molecular complexity index is 412. The van der Waals surface area contributed by atoms with Gasteiger partial charge in [-0.25, -0.2) is 18.6 Å². The third-order valence-corrected chi connectivity index (χ3v) is 2.60. The number of carbonyl (C=O) groups is 1. The van der Waals surface area contributed by atoms with E-state index >= 15 is 0 Å². The number of alkyl halides is 2. The van der Waals surface area contributed by atoms with Crippen molar-refractivity contribution in [2.45, 2.75) is 6.43 Å². The molecule has 0 saturated heterocycles. The van der Waals surface area contributed by atoms with E-state index in [2.05, 4.69) is 9.72 Å². The van der Waals surface area contributed by atoms with E-state index in [4.69, 9.17) is 4.74 Å². The molecule has 7 heteroatoms. The highest BCUT2D eigenvalue weighted by atomic mass is 127. The van der Waals surface area contributed by atoms with E-state index in [0.29, 0.717) is 3.57 Å². The maximum absolute atomic E-state index is 12.6. The SMILES string of the molecule is COC(=O)c1nc(C(F)F)c(OC)cc1I. The van der Waals surface area contributed by atoms with Crippen molar-refractivity contribution in [2.75, 3.05) is 14.2 Å². The summed E-state index contributed by atoms with van der Waals surface area (Å²) in [5.41, 5.74) is -0.706. The molecule has 1 rings (SSSR count). The molecule has 16 heavy (non-hydrogen) atoms. The smallest absolute Gasteiger partial charge is 0.357 e. The molecule has 0 fully saturated rings. The fraction of sp³-hybridized carbons (Fsp3) is 0.333. The number of ether oxygens (including phenoxy) is 2. The van der Waals surface area contributed by atoms with E-state index < -0.39 is 18.1 Å². The summed E-state index contributed by atoms with van der Waals surface area (Å²) in [5, 5.41) is 0. The molecule has 0 amide bonds. The highest BCUT2D eigenvalue weighted by molar-refractivity contribution is 14.1. The van der Waals surface area contributed by atoms with E-state index in [0.717, 1.165) is 7.11 Å². The van der Waals surface area contributed by atoms with Crippen molar-refractivity contribution < 1.29 is 23.0 Å². The highest BCUT2D eigenvalue weighted by Gasteiger charge is 2.22. The Morgan fingerprint density at radius 3 is 2.56 bits per heavy atom. The van der Waals surface area contributed by atoms with Gasteiger partial charge in [0.25, 0.3) is 6.43 Å². The summed E-state index contributed by atoms with van der Waals surface area (Å²) in [6.07, 6.45) is -2.81. The first-order valence-electron chi connectivity index (χ1n) is 4.12. The van der Waals surface area contributed by atoms with Crippen molar-refractivity contribution in [1.82, 2.24) is 4.98 Å². The number of hydrogen-bond acceptors (Lipinski definition) is 4. The summed E-state index contributed by atoms with van der Waals surface area (Å²) in [6.45, 7) is 0. The van der Waals surface area contributed by atoms with Crippen molar-refractivity contribution in [3.05, 3.63) is 21.0 Å². The Morgan fingerprint density at radius 2 is 2.12 bits per heavy atom. The average Bonchev–Trinajstić information content (AvgIpc) is 2.27. The standard InChI is InChI=1S/C9H8F2INO3/c1-15-5-3-4(12)6(9(14)16-2)13-7(5)8(10)11/h3,8H,1-2H3. The third kappa shape index (κ3) is 2.57. The summed E-state index contributed by atoms with van der Waals surface area (Å²) in [6, 6.07) is 1.32. The van der Waals surface area contributed by atoms with Gasteiger partial charge in [-0.3, -0.25) is 0 Å². The molecule has 0 saturated carbocycles. The van der Waals surface area contributed by atoms with Crippen LogP contribution in [0.3, 0.4) is 0 Å². The molecule has 1 heterocycles. The molecular formula is C9H8F2INO3. The summed E-state index contributed by atoms with van der Waals surface area (Å²) in [4.78, 5) is 14.8. The third-order valence-electron chi connectivity index (χ3n) is 1.77. The van der Waals surface area contributed by atoms with Crippen LogP contribution in [0, 0.1) is 3.57 Å². The van der Waals surface area contributed by atoms with Crippen LogP contribution in [0.25, 0.3) is 0 Å². The number of pyridine rings is 1. The zero-order valence-corrected chi connectivity index (χ0v) is 10.6. The van der Waals surface area contributed by atoms with Gasteiger partial charge in [0.1, 0.15) is 11.4 Å². The molecule has 0 aliphatic rings. The Labute approximate surface area is 104 Å². The van der Waals surface area contributed by atoms with Gasteiger partial charge in [-0.15, -0.1) is 0 Å². The molecular weight excluding hydrogens is 335 g/mol. The van der Waals surface area contributed by atoms with Gasteiger partial charge in [-0.05, 0) is 28.7 Å². The second-order valence-corrected chi connectivity index (χ2v) is 3.86.